The van der Waals surface area contributed by atoms with E-state index < -0.39 is 4.92 Å². The van der Waals surface area contributed by atoms with Gasteiger partial charge in [0.1, 0.15) is 11.4 Å². The molecule has 0 atom stereocenters. The zero-order chi connectivity index (χ0) is 11.4. The van der Waals surface area contributed by atoms with Gasteiger partial charge in [-0.3, -0.25) is 10.1 Å². The van der Waals surface area contributed by atoms with E-state index in [0.717, 1.165) is 12.2 Å². The highest BCUT2D eigenvalue weighted by molar-refractivity contribution is 7.99. The molecular formula is C9H13N3O2S. The summed E-state index contributed by atoms with van der Waals surface area (Å²) in [6.07, 6.45) is 1.03. The number of aryl methyl sites for hydroxylation is 2. The van der Waals surface area contributed by atoms with Crippen molar-refractivity contribution in [1.29, 1.82) is 0 Å². The van der Waals surface area contributed by atoms with Crippen molar-refractivity contribution in [3.05, 3.63) is 21.5 Å². The van der Waals surface area contributed by atoms with Crippen molar-refractivity contribution in [2.45, 2.75) is 32.3 Å². The van der Waals surface area contributed by atoms with Crippen LogP contribution >= 0.6 is 11.8 Å². The molecule has 0 aliphatic heterocycles. The third-order valence-corrected chi connectivity index (χ3v) is 2.88. The lowest BCUT2D eigenvalue weighted by Gasteiger charge is -2.03. The van der Waals surface area contributed by atoms with Crippen LogP contribution in [0.25, 0.3) is 0 Å². The highest BCUT2D eigenvalue weighted by Gasteiger charge is 2.18. The molecule has 1 aromatic heterocycles. The van der Waals surface area contributed by atoms with E-state index in [4.69, 9.17) is 0 Å². The molecule has 0 bridgehead atoms. The largest absolute Gasteiger partial charge is 0.311 e. The van der Waals surface area contributed by atoms with Crippen molar-refractivity contribution in [2.24, 2.45) is 0 Å². The van der Waals surface area contributed by atoms with Crippen molar-refractivity contribution in [3.63, 3.8) is 0 Å². The summed E-state index contributed by atoms with van der Waals surface area (Å²) in [5.74, 6) is 0.927. The normalized spacial score (nSPS) is 10.3. The number of nitrogens with zero attached hydrogens (tertiary/aromatic N) is 3. The van der Waals surface area contributed by atoms with Gasteiger partial charge in [-0.1, -0.05) is 18.7 Å². The predicted molar refractivity (Wildman–Crippen MR) is 59.2 cm³/mol. The van der Waals surface area contributed by atoms with E-state index in [-0.39, 0.29) is 5.69 Å². The average molecular weight is 227 g/mol. The van der Waals surface area contributed by atoms with E-state index >= 15 is 0 Å². The molecule has 0 aliphatic carbocycles. The van der Waals surface area contributed by atoms with Gasteiger partial charge in [0.2, 0.25) is 0 Å². The maximum absolute atomic E-state index is 10.7. The van der Waals surface area contributed by atoms with Gasteiger partial charge in [-0.15, -0.1) is 0 Å². The van der Waals surface area contributed by atoms with Crippen LogP contribution in [-0.4, -0.2) is 20.6 Å². The molecule has 1 heterocycles. The minimum atomic E-state index is -0.432. The third kappa shape index (κ3) is 2.89. The minimum absolute atomic E-state index is 0.0239. The maximum atomic E-state index is 10.7. The van der Waals surface area contributed by atoms with Crippen molar-refractivity contribution in [2.75, 3.05) is 5.75 Å². The Balaban J connectivity index is 3.03. The molecule has 0 amide bonds. The molecule has 0 unspecified atom stereocenters. The zero-order valence-electron chi connectivity index (χ0n) is 8.98. The van der Waals surface area contributed by atoms with Crippen molar-refractivity contribution in [1.82, 2.24) is 9.97 Å². The van der Waals surface area contributed by atoms with Crippen LogP contribution in [0.15, 0.2) is 5.16 Å². The highest BCUT2D eigenvalue weighted by Crippen LogP contribution is 2.23. The zero-order valence-corrected chi connectivity index (χ0v) is 9.80. The molecule has 0 aromatic carbocycles. The van der Waals surface area contributed by atoms with Crippen LogP contribution in [0.4, 0.5) is 5.69 Å². The standard InChI is InChI=1S/C9H13N3O2S/c1-4-5-15-9-10-6(2)8(12(13)14)7(3)11-9/h4-5H2,1-3H3. The molecule has 1 aromatic rings. The van der Waals surface area contributed by atoms with Gasteiger partial charge < -0.3 is 0 Å². The fourth-order valence-electron chi connectivity index (χ4n) is 1.20. The van der Waals surface area contributed by atoms with E-state index in [1.54, 1.807) is 13.8 Å². The Bertz CT molecular complexity index is 359. The van der Waals surface area contributed by atoms with Gasteiger partial charge in [-0.25, -0.2) is 9.97 Å². The average Bonchev–Trinajstić information content (AvgIpc) is 2.12. The van der Waals surface area contributed by atoms with Crippen LogP contribution in [0.2, 0.25) is 0 Å². The second-order valence-electron chi connectivity index (χ2n) is 3.13. The van der Waals surface area contributed by atoms with Crippen LogP contribution in [0.1, 0.15) is 24.7 Å². The summed E-state index contributed by atoms with van der Waals surface area (Å²) in [5, 5.41) is 11.3. The van der Waals surface area contributed by atoms with E-state index in [0.29, 0.717) is 16.5 Å². The summed E-state index contributed by atoms with van der Waals surface area (Å²) in [6, 6.07) is 0. The van der Waals surface area contributed by atoms with Gasteiger partial charge in [0.15, 0.2) is 5.16 Å². The maximum Gasteiger partial charge on any atom is 0.311 e. The summed E-state index contributed by atoms with van der Waals surface area (Å²) < 4.78 is 0. The summed E-state index contributed by atoms with van der Waals surface area (Å²) in [4.78, 5) is 18.5. The first-order valence-corrected chi connectivity index (χ1v) is 5.67. The van der Waals surface area contributed by atoms with E-state index in [1.165, 1.54) is 11.8 Å². The molecule has 0 radical (unpaired) electrons. The molecule has 0 saturated carbocycles. The summed E-state index contributed by atoms with van der Waals surface area (Å²) in [5.41, 5.74) is 0.896. The first-order valence-electron chi connectivity index (χ1n) is 4.68. The van der Waals surface area contributed by atoms with Crippen LogP contribution in [0, 0.1) is 24.0 Å². The molecular weight excluding hydrogens is 214 g/mol. The van der Waals surface area contributed by atoms with E-state index in [9.17, 15) is 10.1 Å². The third-order valence-electron chi connectivity index (χ3n) is 1.83. The lowest BCUT2D eigenvalue weighted by molar-refractivity contribution is -0.386. The summed E-state index contributed by atoms with van der Waals surface area (Å²) in [6.45, 7) is 5.35. The number of hydrogen-bond donors (Lipinski definition) is 0. The molecule has 0 N–H and O–H groups in total. The van der Waals surface area contributed by atoms with Crippen LogP contribution in [0.3, 0.4) is 0 Å². The van der Waals surface area contributed by atoms with Crippen LogP contribution < -0.4 is 0 Å². The van der Waals surface area contributed by atoms with Gasteiger partial charge >= 0.3 is 5.69 Å². The van der Waals surface area contributed by atoms with E-state index in [1.807, 2.05) is 0 Å². The first-order chi connectivity index (χ1) is 7.06. The summed E-state index contributed by atoms with van der Waals surface area (Å²) in [7, 11) is 0. The molecule has 0 saturated heterocycles. The quantitative estimate of drug-likeness (QED) is 0.342. The Morgan fingerprint density at radius 2 is 1.87 bits per heavy atom. The Morgan fingerprint density at radius 3 is 2.27 bits per heavy atom. The highest BCUT2D eigenvalue weighted by atomic mass is 32.2. The van der Waals surface area contributed by atoms with Gasteiger partial charge in [0.05, 0.1) is 4.92 Å². The fraction of sp³-hybridized carbons (Fsp3) is 0.556. The second-order valence-corrected chi connectivity index (χ2v) is 4.19. The fourth-order valence-corrected chi connectivity index (χ4v) is 1.99. The Hall–Kier alpha value is -1.17. The Kier molecular flexibility index (Phi) is 4.02. The monoisotopic (exact) mass is 227 g/mol. The first kappa shape index (κ1) is 11.9. The van der Waals surface area contributed by atoms with Gasteiger partial charge in [-0.2, -0.15) is 0 Å². The molecule has 1 rings (SSSR count). The van der Waals surface area contributed by atoms with Crippen molar-refractivity contribution in [3.8, 4) is 0 Å². The lowest BCUT2D eigenvalue weighted by atomic mass is 10.3. The SMILES string of the molecule is CCCSc1nc(C)c([N+](=O)[O-])c(C)n1. The van der Waals surface area contributed by atoms with Crippen molar-refractivity contribution < 1.29 is 4.92 Å². The predicted octanol–water partition coefficient (Wildman–Crippen LogP) is 2.50. The smallest absolute Gasteiger partial charge is 0.258 e. The topological polar surface area (TPSA) is 68.9 Å². The van der Waals surface area contributed by atoms with E-state index in [2.05, 4.69) is 16.9 Å². The van der Waals surface area contributed by atoms with Crippen LogP contribution in [0.5, 0.6) is 0 Å². The second kappa shape index (κ2) is 5.06. The number of nitro groups is 1. The molecule has 15 heavy (non-hydrogen) atoms. The molecule has 0 fully saturated rings. The van der Waals surface area contributed by atoms with Gasteiger partial charge in [-0.05, 0) is 20.3 Å². The number of thioether (sulfide) groups is 1. The Morgan fingerprint density at radius 1 is 1.33 bits per heavy atom. The summed E-state index contributed by atoms with van der Waals surface area (Å²) >= 11 is 1.52. The van der Waals surface area contributed by atoms with Gasteiger partial charge in [0, 0.05) is 5.75 Å². The van der Waals surface area contributed by atoms with Gasteiger partial charge in [0.25, 0.3) is 0 Å². The molecule has 6 heteroatoms. The van der Waals surface area contributed by atoms with Crippen molar-refractivity contribution >= 4 is 17.4 Å². The minimum Gasteiger partial charge on any atom is -0.258 e. The lowest BCUT2D eigenvalue weighted by Crippen LogP contribution is -2.02. The van der Waals surface area contributed by atoms with Crippen LogP contribution in [-0.2, 0) is 0 Å². The molecule has 82 valence electrons. The molecule has 0 aliphatic rings. The number of aromatic nitrogens is 2. The molecule has 5 nitrogen and oxygen atoms in total. The molecule has 0 spiro atoms. The number of hydrogen-bond acceptors (Lipinski definition) is 5. The number of rotatable bonds is 4. The Labute approximate surface area is 92.5 Å².